The number of nitrogens with one attached hydrogen (secondary N) is 1. The number of amides is 1. The maximum Gasteiger partial charge on any atom is 0.246 e. The molecule has 144 valence electrons. The van der Waals surface area contributed by atoms with Gasteiger partial charge in [0.1, 0.15) is 5.41 Å². The van der Waals surface area contributed by atoms with Gasteiger partial charge >= 0.3 is 0 Å². The van der Waals surface area contributed by atoms with Crippen molar-refractivity contribution in [2.24, 2.45) is 0 Å². The molecule has 4 rings (SSSR count). The highest BCUT2D eigenvalue weighted by Crippen LogP contribution is 2.47. The fourth-order valence-corrected chi connectivity index (χ4v) is 6.09. The highest BCUT2D eigenvalue weighted by molar-refractivity contribution is 8.03. The summed E-state index contributed by atoms with van der Waals surface area (Å²) in [7, 11) is 0. The summed E-state index contributed by atoms with van der Waals surface area (Å²) in [6, 6.07) is 15.9. The molecular weight excluding hydrogens is 386 g/mol. The number of thioether (sulfide) groups is 1. The fourth-order valence-electron chi connectivity index (χ4n) is 4.08. The zero-order chi connectivity index (χ0) is 19.4. The standard InChI is InChI=1S/C22H23N3OS2/c23-16-18-20(28-15-13-25-11-5-2-6-12-25)24-21(26)22(18,19-10-7-14-27-19)17-8-3-1-4-9-17/h1,3-4,7-10,14H,2,5-6,11-13,15H2,(H,24,26). The van der Waals surface area contributed by atoms with Gasteiger partial charge in [-0.3, -0.25) is 4.79 Å². The average molecular weight is 410 g/mol. The van der Waals surface area contributed by atoms with E-state index in [-0.39, 0.29) is 5.91 Å². The Bertz CT molecular complexity index is 896. The normalized spacial score (nSPS) is 22.9. The third kappa shape index (κ3) is 3.39. The molecule has 0 radical (unpaired) electrons. The number of benzene rings is 1. The minimum absolute atomic E-state index is 0.127. The van der Waals surface area contributed by atoms with Crippen molar-refractivity contribution in [1.29, 1.82) is 5.26 Å². The van der Waals surface area contributed by atoms with Crippen LogP contribution in [0.5, 0.6) is 0 Å². The maximum absolute atomic E-state index is 13.3. The second-order valence-electron chi connectivity index (χ2n) is 7.11. The number of carbonyl (C=O) groups excluding carboxylic acids is 1. The highest BCUT2D eigenvalue weighted by atomic mass is 32.2. The topological polar surface area (TPSA) is 56.1 Å². The molecule has 28 heavy (non-hydrogen) atoms. The number of thiophene rings is 1. The van der Waals surface area contributed by atoms with Crippen LogP contribution in [0.15, 0.2) is 58.4 Å². The van der Waals surface area contributed by atoms with E-state index in [9.17, 15) is 10.1 Å². The Kier molecular flexibility index (Phi) is 5.86. The molecule has 1 unspecified atom stereocenters. The molecule has 2 aromatic rings. The smallest absolute Gasteiger partial charge is 0.246 e. The molecule has 1 atom stereocenters. The number of likely N-dealkylation sites (tertiary alicyclic amines) is 1. The predicted molar refractivity (Wildman–Crippen MR) is 115 cm³/mol. The van der Waals surface area contributed by atoms with E-state index >= 15 is 0 Å². The molecule has 0 aliphatic carbocycles. The summed E-state index contributed by atoms with van der Waals surface area (Å²) >= 11 is 3.12. The Morgan fingerprint density at radius 2 is 1.93 bits per heavy atom. The van der Waals surface area contributed by atoms with E-state index in [1.165, 1.54) is 30.6 Å². The van der Waals surface area contributed by atoms with Gasteiger partial charge < -0.3 is 10.2 Å². The molecule has 0 spiro atoms. The van der Waals surface area contributed by atoms with Gasteiger partial charge in [-0.05, 0) is 42.9 Å². The zero-order valence-electron chi connectivity index (χ0n) is 15.7. The number of piperidine rings is 1. The lowest BCUT2D eigenvalue weighted by atomic mass is 9.74. The van der Waals surface area contributed by atoms with Gasteiger partial charge in [-0.15, -0.1) is 23.1 Å². The van der Waals surface area contributed by atoms with E-state index < -0.39 is 5.41 Å². The Hall–Kier alpha value is -2.07. The van der Waals surface area contributed by atoms with E-state index in [1.807, 2.05) is 47.8 Å². The highest BCUT2D eigenvalue weighted by Gasteiger charge is 2.52. The first-order chi connectivity index (χ1) is 13.8. The first-order valence-electron chi connectivity index (χ1n) is 9.68. The molecule has 6 heteroatoms. The van der Waals surface area contributed by atoms with E-state index in [1.54, 1.807) is 11.8 Å². The maximum atomic E-state index is 13.3. The summed E-state index contributed by atoms with van der Waals surface area (Å²) in [5.74, 6) is 0.744. The van der Waals surface area contributed by atoms with Crippen molar-refractivity contribution in [2.75, 3.05) is 25.4 Å². The summed E-state index contributed by atoms with van der Waals surface area (Å²) in [6.07, 6.45) is 3.86. The molecule has 1 fully saturated rings. The van der Waals surface area contributed by atoms with Crippen molar-refractivity contribution >= 4 is 29.0 Å². The van der Waals surface area contributed by atoms with Gasteiger partial charge in [0.15, 0.2) is 0 Å². The monoisotopic (exact) mass is 409 g/mol. The molecular formula is C22H23N3OS2. The first-order valence-corrected chi connectivity index (χ1v) is 11.5. The van der Waals surface area contributed by atoms with Gasteiger partial charge in [0.25, 0.3) is 0 Å². The summed E-state index contributed by atoms with van der Waals surface area (Å²) in [5.41, 5.74) is 0.324. The summed E-state index contributed by atoms with van der Waals surface area (Å²) in [6.45, 7) is 3.29. The van der Waals surface area contributed by atoms with E-state index in [0.29, 0.717) is 10.6 Å². The van der Waals surface area contributed by atoms with Crippen LogP contribution in [-0.4, -0.2) is 36.2 Å². The van der Waals surface area contributed by atoms with Gasteiger partial charge in [0.2, 0.25) is 5.91 Å². The molecule has 2 aliphatic heterocycles. The number of hydrogen-bond acceptors (Lipinski definition) is 5. The van der Waals surface area contributed by atoms with Crippen LogP contribution in [0.2, 0.25) is 0 Å². The summed E-state index contributed by atoms with van der Waals surface area (Å²) in [4.78, 5) is 16.7. The Morgan fingerprint density at radius 3 is 2.61 bits per heavy atom. The van der Waals surface area contributed by atoms with Crippen molar-refractivity contribution in [3.8, 4) is 6.07 Å². The van der Waals surface area contributed by atoms with Crippen molar-refractivity contribution in [3.63, 3.8) is 0 Å². The Labute approximate surface area is 174 Å². The number of carbonyl (C=O) groups is 1. The van der Waals surface area contributed by atoms with E-state index in [2.05, 4.69) is 16.3 Å². The van der Waals surface area contributed by atoms with Gasteiger partial charge in [-0.25, -0.2) is 0 Å². The third-order valence-electron chi connectivity index (χ3n) is 5.48. The van der Waals surface area contributed by atoms with Crippen LogP contribution in [0, 0.1) is 11.3 Å². The second kappa shape index (κ2) is 8.52. The molecule has 4 nitrogen and oxygen atoms in total. The lowest BCUT2D eigenvalue weighted by Crippen LogP contribution is -2.39. The summed E-state index contributed by atoms with van der Waals surface area (Å²) < 4.78 is 0. The molecule has 2 aliphatic rings. The van der Waals surface area contributed by atoms with Crippen molar-refractivity contribution in [2.45, 2.75) is 24.7 Å². The molecule has 1 amide bonds. The lowest BCUT2D eigenvalue weighted by molar-refractivity contribution is -0.122. The summed E-state index contributed by atoms with van der Waals surface area (Å²) in [5, 5.41) is 15.8. The fraction of sp³-hybridized carbons (Fsp3) is 0.364. The third-order valence-corrected chi connectivity index (χ3v) is 7.45. The molecule has 1 saturated heterocycles. The van der Waals surface area contributed by atoms with Gasteiger partial charge in [-0.2, -0.15) is 5.26 Å². The van der Waals surface area contributed by atoms with Crippen molar-refractivity contribution in [3.05, 3.63) is 68.9 Å². The Balaban J connectivity index is 1.66. The van der Waals surface area contributed by atoms with Gasteiger partial charge in [0, 0.05) is 17.2 Å². The number of nitriles is 1. The van der Waals surface area contributed by atoms with Crippen LogP contribution >= 0.6 is 23.1 Å². The van der Waals surface area contributed by atoms with Crippen LogP contribution in [0.4, 0.5) is 0 Å². The van der Waals surface area contributed by atoms with Crippen LogP contribution in [0.1, 0.15) is 29.7 Å². The van der Waals surface area contributed by atoms with Gasteiger partial charge in [0.05, 0.1) is 16.7 Å². The average Bonchev–Trinajstić information content (AvgIpc) is 3.36. The molecule has 1 aromatic carbocycles. The quantitative estimate of drug-likeness (QED) is 0.780. The minimum atomic E-state index is -1.04. The molecule has 1 aromatic heterocycles. The van der Waals surface area contributed by atoms with Crippen molar-refractivity contribution < 1.29 is 4.79 Å². The predicted octanol–water partition coefficient (Wildman–Crippen LogP) is 4.12. The second-order valence-corrected chi connectivity index (χ2v) is 9.17. The Morgan fingerprint density at radius 1 is 1.14 bits per heavy atom. The zero-order valence-corrected chi connectivity index (χ0v) is 17.3. The molecule has 3 heterocycles. The van der Waals surface area contributed by atoms with Crippen LogP contribution in [0.3, 0.4) is 0 Å². The molecule has 0 bridgehead atoms. The van der Waals surface area contributed by atoms with Crippen LogP contribution in [0.25, 0.3) is 0 Å². The van der Waals surface area contributed by atoms with Crippen molar-refractivity contribution in [1.82, 2.24) is 10.2 Å². The first kappa shape index (κ1) is 19.3. The molecule has 0 saturated carbocycles. The lowest BCUT2D eigenvalue weighted by Gasteiger charge is -2.26. The molecule has 1 N–H and O–H groups in total. The number of nitrogens with zero attached hydrogens (tertiary/aromatic N) is 2. The van der Waals surface area contributed by atoms with E-state index in [0.717, 1.165) is 35.8 Å². The van der Waals surface area contributed by atoms with Gasteiger partial charge in [-0.1, -0.05) is 42.8 Å². The SMILES string of the molecule is N#CC1=C(SCCN2CCCCC2)NC(=O)C1(c1ccccc1)c1cccs1. The van der Waals surface area contributed by atoms with E-state index in [4.69, 9.17) is 0 Å². The van der Waals surface area contributed by atoms with Crippen LogP contribution in [-0.2, 0) is 10.2 Å². The minimum Gasteiger partial charge on any atom is -0.318 e. The van der Waals surface area contributed by atoms with Crippen LogP contribution < -0.4 is 5.32 Å². The largest absolute Gasteiger partial charge is 0.318 e. The number of hydrogen-bond donors (Lipinski definition) is 1. The number of rotatable bonds is 6.